The summed E-state index contributed by atoms with van der Waals surface area (Å²) in [6.45, 7) is 1.88. The first-order valence-electron chi connectivity index (χ1n) is 12.7. The molecule has 39 heavy (non-hydrogen) atoms. The molecule has 3 aromatic rings. The number of aromatic nitrogens is 4. The van der Waals surface area contributed by atoms with E-state index in [9.17, 15) is 23.2 Å². The minimum absolute atomic E-state index is 0.0544. The summed E-state index contributed by atoms with van der Waals surface area (Å²) in [5.74, 6) is -0.621. The zero-order chi connectivity index (χ0) is 27.7. The number of nitrogens with zero attached hydrogens (tertiary/aromatic N) is 7. The monoisotopic (exact) mass is 543 g/mol. The number of alkyl halides is 3. The molecule has 13 heteroatoms. The highest BCUT2D eigenvalue weighted by Gasteiger charge is 2.37. The Morgan fingerprint density at radius 1 is 1.21 bits per heavy atom. The van der Waals surface area contributed by atoms with E-state index in [1.54, 1.807) is 28.8 Å². The number of aryl methyl sites for hydroxylation is 1. The zero-order valence-electron chi connectivity index (χ0n) is 21.6. The van der Waals surface area contributed by atoms with Crippen molar-refractivity contribution in [1.82, 2.24) is 29.3 Å². The van der Waals surface area contributed by atoms with Crippen molar-refractivity contribution in [1.29, 1.82) is 5.26 Å². The van der Waals surface area contributed by atoms with Crippen LogP contribution in [0.25, 0.3) is 22.3 Å². The van der Waals surface area contributed by atoms with E-state index >= 15 is 0 Å². The van der Waals surface area contributed by atoms with Crippen LogP contribution in [0.1, 0.15) is 30.7 Å². The first kappa shape index (κ1) is 26.8. The molecule has 5 rings (SSSR count). The van der Waals surface area contributed by atoms with Crippen LogP contribution < -0.4 is 4.74 Å². The van der Waals surface area contributed by atoms with Gasteiger partial charge in [-0.25, -0.2) is 15.0 Å². The molecular weight excluding hydrogens is 515 g/mol. The molecule has 2 fully saturated rings. The van der Waals surface area contributed by atoms with Gasteiger partial charge in [-0.05, 0) is 45.0 Å². The number of nitriles is 1. The lowest BCUT2D eigenvalue weighted by Gasteiger charge is -2.25. The Morgan fingerprint density at radius 3 is 2.74 bits per heavy atom. The Hall–Kier alpha value is -3.76. The molecule has 2 aliphatic rings. The minimum atomic E-state index is -4.74. The molecule has 10 nitrogen and oxygen atoms in total. The normalized spacial score (nSPS) is 20.1. The number of likely N-dealkylation sites (N-methyl/N-ethyl adjacent to an activating group) is 1. The summed E-state index contributed by atoms with van der Waals surface area (Å²) in [6, 6.07) is 4.34. The quantitative estimate of drug-likeness (QED) is 0.419. The highest BCUT2D eigenvalue weighted by molar-refractivity contribution is 5.91. The van der Waals surface area contributed by atoms with Gasteiger partial charge in [0.15, 0.2) is 0 Å². The summed E-state index contributed by atoms with van der Waals surface area (Å²) < 4.78 is 54.7. The molecule has 206 valence electrons. The van der Waals surface area contributed by atoms with Crippen molar-refractivity contribution in [3.05, 3.63) is 35.9 Å². The van der Waals surface area contributed by atoms with Crippen LogP contribution in [-0.2, 0) is 22.8 Å². The largest absolute Gasteiger partial charge is 0.475 e. The molecular formula is C26H28F3N7O3. The van der Waals surface area contributed by atoms with Crippen LogP contribution in [-0.4, -0.2) is 87.3 Å². The lowest BCUT2D eigenvalue weighted by molar-refractivity contribution is -0.139. The van der Waals surface area contributed by atoms with Crippen LogP contribution in [0.15, 0.2) is 24.5 Å². The summed E-state index contributed by atoms with van der Waals surface area (Å²) in [7, 11) is 3.67. The third-order valence-corrected chi connectivity index (χ3v) is 7.19. The average molecular weight is 544 g/mol. The molecule has 0 bridgehead atoms. The molecule has 2 atom stereocenters. The van der Waals surface area contributed by atoms with Gasteiger partial charge in [-0.15, -0.1) is 0 Å². The second-order valence-corrected chi connectivity index (χ2v) is 9.80. The molecule has 0 radical (unpaired) electrons. The van der Waals surface area contributed by atoms with E-state index in [0.717, 1.165) is 25.5 Å². The maximum absolute atomic E-state index is 14.0. The first-order valence-corrected chi connectivity index (χ1v) is 12.7. The standard InChI is InChI=1S/C26H28F3N7O3/c1-34-7-3-4-20(34)25(37)36-9-5-17(15-36)38-10-11-39-24-19(26(27,28)29)12-16(14-31-24)22-18-6-8-35(2)23(18)33-21(13-30)32-22/h6,8,12,14,17,20H,3-5,7,9-11,15H2,1-2H3/t17-,20-/m0/s1. The fourth-order valence-electron chi connectivity index (χ4n) is 5.16. The summed E-state index contributed by atoms with van der Waals surface area (Å²) in [4.78, 5) is 28.8. The van der Waals surface area contributed by atoms with E-state index in [-0.39, 0.29) is 48.3 Å². The zero-order valence-corrected chi connectivity index (χ0v) is 21.6. The maximum Gasteiger partial charge on any atom is 0.421 e. The number of halogens is 3. The Labute approximate surface area is 223 Å². The van der Waals surface area contributed by atoms with Crippen molar-refractivity contribution in [2.45, 2.75) is 37.6 Å². The smallest absolute Gasteiger partial charge is 0.421 e. The van der Waals surface area contributed by atoms with Gasteiger partial charge in [0, 0.05) is 43.5 Å². The van der Waals surface area contributed by atoms with Crippen molar-refractivity contribution in [2.75, 3.05) is 39.9 Å². The number of fused-ring (bicyclic) bond motifs is 1. The Bertz CT molecular complexity index is 1420. The van der Waals surface area contributed by atoms with Crippen molar-refractivity contribution >= 4 is 16.9 Å². The number of carbonyl (C=O) groups is 1. The van der Waals surface area contributed by atoms with Gasteiger partial charge in [-0.2, -0.15) is 18.4 Å². The third-order valence-electron chi connectivity index (χ3n) is 7.19. The predicted octanol–water partition coefficient (Wildman–Crippen LogP) is 3.01. The van der Waals surface area contributed by atoms with Crippen LogP contribution >= 0.6 is 0 Å². The van der Waals surface area contributed by atoms with Crippen LogP contribution in [0.5, 0.6) is 5.88 Å². The summed E-state index contributed by atoms with van der Waals surface area (Å²) >= 11 is 0. The number of pyridine rings is 1. The predicted molar refractivity (Wildman–Crippen MR) is 134 cm³/mol. The molecule has 0 saturated carbocycles. The molecule has 1 amide bonds. The van der Waals surface area contributed by atoms with Gasteiger partial charge in [0.1, 0.15) is 23.9 Å². The molecule has 5 heterocycles. The number of carbonyl (C=O) groups excluding carboxylic acids is 1. The number of ether oxygens (including phenoxy) is 2. The molecule has 3 aromatic heterocycles. The molecule has 2 aliphatic heterocycles. The van der Waals surface area contributed by atoms with E-state index in [1.165, 1.54) is 6.20 Å². The number of likely N-dealkylation sites (tertiary alicyclic amines) is 2. The number of hydrogen-bond acceptors (Lipinski definition) is 8. The summed E-state index contributed by atoms with van der Waals surface area (Å²) in [5, 5.41) is 9.79. The number of hydrogen-bond donors (Lipinski definition) is 0. The van der Waals surface area contributed by atoms with Gasteiger partial charge in [0.2, 0.25) is 17.6 Å². The Kier molecular flexibility index (Phi) is 7.42. The van der Waals surface area contributed by atoms with Gasteiger partial charge in [-0.3, -0.25) is 9.69 Å². The minimum Gasteiger partial charge on any atom is -0.475 e. The SMILES string of the molecule is CN1CCC[C@H]1C(=O)N1CC[C@H](OCCOc2ncc(-c3nc(C#N)nc4c3ccn4C)cc2C(F)(F)F)C1. The van der Waals surface area contributed by atoms with Crippen LogP contribution in [0.4, 0.5) is 13.2 Å². The molecule has 2 saturated heterocycles. The molecule has 0 aromatic carbocycles. The lowest BCUT2D eigenvalue weighted by Crippen LogP contribution is -2.43. The Morgan fingerprint density at radius 2 is 2.03 bits per heavy atom. The number of rotatable bonds is 7. The van der Waals surface area contributed by atoms with Crippen molar-refractivity contribution in [3.63, 3.8) is 0 Å². The third kappa shape index (κ3) is 5.53. The molecule has 0 unspecified atom stereocenters. The maximum atomic E-state index is 14.0. The van der Waals surface area contributed by atoms with Crippen molar-refractivity contribution in [3.8, 4) is 23.2 Å². The van der Waals surface area contributed by atoms with Gasteiger partial charge in [0.05, 0.1) is 24.4 Å². The molecule has 0 spiro atoms. The highest BCUT2D eigenvalue weighted by Crippen LogP contribution is 2.38. The van der Waals surface area contributed by atoms with Gasteiger partial charge < -0.3 is 18.9 Å². The summed E-state index contributed by atoms with van der Waals surface area (Å²) in [6.07, 6.45) is 0.519. The molecule has 0 N–H and O–H groups in total. The van der Waals surface area contributed by atoms with E-state index in [0.29, 0.717) is 30.5 Å². The second-order valence-electron chi connectivity index (χ2n) is 9.80. The first-order chi connectivity index (χ1) is 18.7. The van der Waals surface area contributed by atoms with Crippen LogP contribution in [0, 0.1) is 11.3 Å². The average Bonchev–Trinajstić information content (AvgIpc) is 3.65. The fourth-order valence-corrected chi connectivity index (χ4v) is 5.16. The topological polar surface area (TPSA) is 109 Å². The lowest BCUT2D eigenvalue weighted by atomic mass is 10.1. The van der Waals surface area contributed by atoms with E-state index < -0.39 is 17.6 Å². The van der Waals surface area contributed by atoms with Crippen molar-refractivity contribution < 1.29 is 27.4 Å². The van der Waals surface area contributed by atoms with Crippen LogP contribution in [0.3, 0.4) is 0 Å². The summed E-state index contributed by atoms with van der Waals surface area (Å²) in [5.41, 5.74) is -0.372. The van der Waals surface area contributed by atoms with E-state index in [2.05, 4.69) is 19.9 Å². The Balaban J connectivity index is 1.24. The second kappa shape index (κ2) is 10.8. The van der Waals surface area contributed by atoms with Gasteiger partial charge >= 0.3 is 6.18 Å². The molecule has 0 aliphatic carbocycles. The van der Waals surface area contributed by atoms with Crippen molar-refractivity contribution in [2.24, 2.45) is 7.05 Å². The van der Waals surface area contributed by atoms with E-state index in [4.69, 9.17) is 9.47 Å². The highest BCUT2D eigenvalue weighted by atomic mass is 19.4. The van der Waals surface area contributed by atoms with Gasteiger partial charge in [0.25, 0.3) is 0 Å². The van der Waals surface area contributed by atoms with E-state index in [1.807, 2.05) is 13.1 Å². The van der Waals surface area contributed by atoms with Crippen LogP contribution in [0.2, 0.25) is 0 Å². The number of amides is 1. The van der Waals surface area contributed by atoms with Gasteiger partial charge in [-0.1, -0.05) is 0 Å². The fraction of sp³-hybridized carbons (Fsp3) is 0.500.